The average Bonchev–Trinajstić information content (AvgIpc) is 2.77. The lowest BCUT2D eigenvalue weighted by molar-refractivity contribution is -0.137. The van der Waals surface area contributed by atoms with Gasteiger partial charge >= 0.3 is 5.97 Å². The van der Waals surface area contributed by atoms with Crippen molar-refractivity contribution in [2.24, 2.45) is 11.8 Å². The quantitative estimate of drug-likeness (QED) is 0.362. The molecule has 0 spiro atoms. The summed E-state index contributed by atoms with van der Waals surface area (Å²) in [6.45, 7) is 3.79. The van der Waals surface area contributed by atoms with Gasteiger partial charge in [-0.1, -0.05) is 50.5 Å². The molecule has 0 unspecified atom stereocenters. The maximum atomic E-state index is 12.3. The second kappa shape index (κ2) is 11.3. The highest BCUT2D eigenvalue weighted by Gasteiger charge is 2.47. The lowest BCUT2D eigenvalue weighted by Crippen LogP contribution is -2.30. The van der Waals surface area contributed by atoms with Crippen molar-refractivity contribution in [2.75, 3.05) is 0 Å². The summed E-state index contributed by atoms with van der Waals surface area (Å²) in [4.78, 5) is 22.8. The third-order valence-electron chi connectivity index (χ3n) is 5.06. The first-order valence-corrected chi connectivity index (χ1v) is 9.76. The van der Waals surface area contributed by atoms with E-state index in [1.807, 2.05) is 18.2 Å². The Hall–Kier alpha value is -1.46. The van der Waals surface area contributed by atoms with E-state index in [1.54, 1.807) is 13.0 Å². The Morgan fingerprint density at radius 3 is 2.69 bits per heavy atom. The average molecular weight is 366 g/mol. The van der Waals surface area contributed by atoms with E-state index < -0.39 is 17.7 Å². The van der Waals surface area contributed by atoms with E-state index in [1.165, 1.54) is 0 Å². The van der Waals surface area contributed by atoms with Gasteiger partial charge in [-0.15, -0.1) is 0 Å². The van der Waals surface area contributed by atoms with Gasteiger partial charge in [-0.2, -0.15) is 0 Å². The van der Waals surface area contributed by atoms with Gasteiger partial charge in [0.15, 0.2) is 0 Å². The van der Waals surface area contributed by atoms with Crippen molar-refractivity contribution >= 4 is 11.8 Å². The zero-order chi connectivity index (χ0) is 19.6. The molecule has 1 fully saturated rings. The number of carbonyl (C=O) groups excluding carboxylic acids is 1. The molecule has 148 valence electrons. The summed E-state index contributed by atoms with van der Waals surface area (Å²) in [5, 5.41) is 29.3. The van der Waals surface area contributed by atoms with Gasteiger partial charge in [0.2, 0.25) is 0 Å². The molecule has 0 aromatic carbocycles. The molecule has 0 aromatic rings. The molecule has 3 N–H and O–H groups in total. The zero-order valence-corrected chi connectivity index (χ0v) is 16.1. The number of hydrogen-bond acceptors (Lipinski definition) is 4. The van der Waals surface area contributed by atoms with Gasteiger partial charge in [0, 0.05) is 24.7 Å². The predicted octanol–water partition coefficient (Wildman–Crippen LogP) is 3.64. The Balaban J connectivity index is 2.59. The molecule has 0 aliphatic heterocycles. The molecule has 0 saturated heterocycles. The van der Waals surface area contributed by atoms with Gasteiger partial charge in [-0.05, 0) is 32.6 Å². The summed E-state index contributed by atoms with van der Waals surface area (Å²) < 4.78 is 0. The van der Waals surface area contributed by atoms with E-state index >= 15 is 0 Å². The van der Waals surface area contributed by atoms with Gasteiger partial charge in [0.05, 0.1) is 11.7 Å². The number of aliphatic carboxylic acids is 1. The van der Waals surface area contributed by atoms with Crippen molar-refractivity contribution < 1.29 is 24.9 Å². The van der Waals surface area contributed by atoms with Crippen molar-refractivity contribution in [3.05, 3.63) is 24.3 Å². The minimum Gasteiger partial charge on any atom is -0.481 e. The Bertz CT molecular complexity index is 507. The van der Waals surface area contributed by atoms with Crippen LogP contribution in [0.4, 0.5) is 0 Å². The van der Waals surface area contributed by atoms with E-state index in [0.717, 1.165) is 19.3 Å². The number of unbranched alkanes of at least 4 members (excludes halogenated alkanes) is 3. The summed E-state index contributed by atoms with van der Waals surface area (Å²) in [7, 11) is 0. The molecule has 5 nitrogen and oxygen atoms in total. The van der Waals surface area contributed by atoms with Gasteiger partial charge in [0.25, 0.3) is 0 Å². The molecule has 0 heterocycles. The molecule has 4 atom stereocenters. The Kier molecular flexibility index (Phi) is 9.81. The molecule has 0 aromatic heterocycles. The van der Waals surface area contributed by atoms with Crippen LogP contribution in [0.3, 0.4) is 0 Å². The lowest BCUT2D eigenvalue weighted by Gasteiger charge is -2.25. The Morgan fingerprint density at radius 2 is 2.04 bits per heavy atom. The van der Waals surface area contributed by atoms with Crippen LogP contribution in [0.25, 0.3) is 0 Å². The summed E-state index contributed by atoms with van der Waals surface area (Å²) >= 11 is 0. The minimum atomic E-state index is -1.08. The lowest BCUT2D eigenvalue weighted by atomic mass is 9.84. The standard InChI is InChI=1S/C21H34O5/c1-3-4-7-10-16(22)13-14-18-17(19(23)15-21(18,2)26)11-8-5-6-9-12-20(24)25/h5,8,13-14,16-18,22,26H,3-4,6-7,9-12,15H2,1-2H3,(H,24,25)/b8-5-,14-13+/t16-,17+,18+,21+/m0/s1. The smallest absolute Gasteiger partial charge is 0.303 e. The van der Waals surface area contributed by atoms with Crippen molar-refractivity contribution in [1.82, 2.24) is 0 Å². The number of Topliss-reactive ketones (excluding diaryl/α,β-unsaturated/α-hetero) is 1. The first kappa shape index (κ1) is 22.6. The van der Waals surface area contributed by atoms with E-state index in [2.05, 4.69) is 6.92 Å². The van der Waals surface area contributed by atoms with E-state index in [0.29, 0.717) is 25.7 Å². The maximum absolute atomic E-state index is 12.3. The second-order valence-electron chi connectivity index (χ2n) is 7.57. The fourth-order valence-corrected chi connectivity index (χ4v) is 3.53. The molecule has 0 amide bonds. The van der Waals surface area contributed by atoms with Crippen LogP contribution >= 0.6 is 0 Å². The van der Waals surface area contributed by atoms with Crippen molar-refractivity contribution in [1.29, 1.82) is 0 Å². The second-order valence-corrected chi connectivity index (χ2v) is 7.57. The number of allylic oxidation sites excluding steroid dienone is 2. The van der Waals surface area contributed by atoms with Crippen molar-refractivity contribution in [2.45, 2.75) is 83.3 Å². The van der Waals surface area contributed by atoms with Crippen LogP contribution in [0.1, 0.15) is 71.6 Å². The molecule has 1 aliphatic carbocycles. The van der Waals surface area contributed by atoms with Crippen LogP contribution in [-0.2, 0) is 9.59 Å². The monoisotopic (exact) mass is 366 g/mol. The van der Waals surface area contributed by atoms with Gasteiger partial charge in [0.1, 0.15) is 5.78 Å². The van der Waals surface area contributed by atoms with Gasteiger partial charge < -0.3 is 15.3 Å². The van der Waals surface area contributed by atoms with Crippen LogP contribution < -0.4 is 0 Å². The normalized spacial score (nSPS) is 27.6. The highest BCUT2D eigenvalue weighted by atomic mass is 16.4. The Morgan fingerprint density at radius 1 is 1.31 bits per heavy atom. The van der Waals surface area contributed by atoms with Crippen LogP contribution in [0.15, 0.2) is 24.3 Å². The number of carboxylic acid groups (broad SMARTS) is 1. The maximum Gasteiger partial charge on any atom is 0.303 e. The van der Waals surface area contributed by atoms with Crippen molar-refractivity contribution in [3.8, 4) is 0 Å². The number of carbonyl (C=O) groups is 2. The zero-order valence-electron chi connectivity index (χ0n) is 16.1. The molecule has 0 bridgehead atoms. The van der Waals surface area contributed by atoms with Gasteiger partial charge in [-0.25, -0.2) is 0 Å². The number of aliphatic hydroxyl groups is 2. The molecular weight excluding hydrogens is 332 g/mol. The summed E-state index contributed by atoms with van der Waals surface area (Å²) in [6.07, 6.45) is 12.7. The molecule has 26 heavy (non-hydrogen) atoms. The van der Waals surface area contributed by atoms with E-state index in [4.69, 9.17) is 5.11 Å². The molecular formula is C21H34O5. The first-order valence-electron chi connectivity index (χ1n) is 9.76. The minimum absolute atomic E-state index is 0.0420. The fourth-order valence-electron chi connectivity index (χ4n) is 3.53. The SMILES string of the molecule is CCCCC[C@H](O)/C=C/[C@@H]1[C@@H](C/C=C\CCCC(=O)O)C(=O)C[C@@]1(C)O. The van der Waals surface area contributed by atoms with Crippen LogP contribution in [0.2, 0.25) is 0 Å². The summed E-state index contributed by atoms with van der Waals surface area (Å²) in [5.41, 5.74) is -1.08. The molecule has 0 radical (unpaired) electrons. The molecule has 1 rings (SSSR count). The molecule has 1 saturated carbocycles. The topological polar surface area (TPSA) is 94.8 Å². The first-order chi connectivity index (χ1) is 12.3. The number of ketones is 1. The highest BCUT2D eigenvalue weighted by Crippen LogP contribution is 2.40. The van der Waals surface area contributed by atoms with E-state index in [-0.39, 0.29) is 30.5 Å². The van der Waals surface area contributed by atoms with Crippen LogP contribution in [0.5, 0.6) is 0 Å². The van der Waals surface area contributed by atoms with Crippen molar-refractivity contribution in [3.63, 3.8) is 0 Å². The Labute approximate surface area is 156 Å². The summed E-state index contributed by atoms with van der Waals surface area (Å²) in [6, 6.07) is 0. The van der Waals surface area contributed by atoms with Crippen LogP contribution in [-0.4, -0.2) is 38.8 Å². The third-order valence-corrected chi connectivity index (χ3v) is 5.06. The largest absolute Gasteiger partial charge is 0.481 e. The number of aliphatic hydroxyl groups excluding tert-OH is 1. The van der Waals surface area contributed by atoms with E-state index in [9.17, 15) is 19.8 Å². The van der Waals surface area contributed by atoms with Crippen LogP contribution in [0, 0.1) is 11.8 Å². The predicted molar refractivity (Wildman–Crippen MR) is 102 cm³/mol. The van der Waals surface area contributed by atoms with Gasteiger partial charge in [-0.3, -0.25) is 9.59 Å². The summed E-state index contributed by atoms with van der Waals surface area (Å²) in [5.74, 6) is -1.36. The number of hydrogen-bond donors (Lipinski definition) is 3. The molecule has 5 heteroatoms. The highest BCUT2D eigenvalue weighted by molar-refractivity contribution is 5.85. The fraction of sp³-hybridized carbons (Fsp3) is 0.714. The number of rotatable bonds is 12. The molecule has 1 aliphatic rings. The third kappa shape index (κ3) is 7.83. The number of carboxylic acids is 1.